The van der Waals surface area contributed by atoms with Crippen LogP contribution in [-0.4, -0.2) is 31.6 Å². The van der Waals surface area contributed by atoms with E-state index in [0.717, 1.165) is 18.3 Å². The van der Waals surface area contributed by atoms with Crippen molar-refractivity contribution in [1.29, 1.82) is 0 Å². The molecule has 1 heterocycles. The molecule has 118 valence electrons. The molecular formula is C14H8N2Na2O6S. The van der Waals surface area contributed by atoms with Crippen molar-refractivity contribution in [3.05, 3.63) is 59.4 Å². The van der Waals surface area contributed by atoms with Gasteiger partial charge in [-0.05, 0) is 29.8 Å². The van der Waals surface area contributed by atoms with Crippen LogP contribution < -0.4 is 69.3 Å². The van der Waals surface area contributed by atoms with Crippen LogP contribution in [0.5, 0.6) is 0 Å². The van der Waals surface area contributed by atoms with Gasteiger partial charge in [0.2, 0.25) is 0 Å². The predicted molar refractivity (Wildman–Crippen MR) is 74.1 cm³/mol. The number of carboxylic acids is 2. The summed E-state index contributed by atoms with van der Waals surface area (Å²) in [6, 6.07) is 9.19. The summed E-state index contributed by atoms with van der Waals surface area (Å²) in [6.07, 6.45) is 0.822. The largest absolute Gasteiger partial charge is 1.00 e. The Morgan fingerprint density at radius 2 is 1.44 bits per heavy atom. The maximum absolute atomic E-state index is 12.0. The molecule has 11 heteroatoms. The first-order chi connectivity index (χ1) is 10.8. The van der Waals surface area contributed by atoms with E-state index in [0.29, 0.717) is 0 Å². The van der Waals surface area contributed by atoms with Gasteiger partial charge in [0.25, 0.3) is 10.0 Å². The van der Waals surface area contributed by atoms with E-state index in [9.17, 15) is 28.2 Å². The van der Waals surface area contributed by atoms with Crippen LogP contribution in [0.3, 0.4) is 0 Å². The van der Waals surface area contributed by atoms with Crippen LogP contribution in [0, 0.1) is 0 Å². The molecule has 0 saturated carbocycles. The van der Waals surface area contributed by atoms with Gasteiger partial charge in [-0.3, -0.25) is 0 Å². The van der Waals surface area contributed by atoms with Crippen LogP contribution >= 0.6 is 0 Å². The molecular weight excluding hydrogens is 370 g/mol. The summed E-state index contributed by atoms with van der Waals surface area (Å²) >= 11 is 0. The molecule has 2 aromatic rings. The number of hydrogen-bond acceptors (Lipinski definition) is 7. The van der Waals surface area contributed by atoms with Gasteiger partial charge in [0.15, 0.2) is 0 Å². The van der Waals surface area contributed by atoms with E-state index in [1.807, 2.05) is 0 Å². The molecule has 0 amide bonds. The van der Waals surface area contributed by atoms with Crippen molar-refractivity contribution in [3.63, 3.8) is 0 Å². The first-order valence-electron chi connectivity index (χ1n) is 6.10. The van der Waals surface area contributed by atoms with Crippen LogP contribution in [0.1, 0.15) is 26.5 Å². The number of rotatable bonds is 5. The molecule has 0 N–H and O–H groups in total. The standard InChI is InChI=1S/C14H10N2O6S.2Na/c17-13(18)11-6-9(7-12(16-11)14(19)20)8-15-23(21,22)10-4-2-1-3-5-10;;/h1-8H,(H,17,18)(H,19,20);;/q;2*+1/p-2/b15-8+;;. The minimum Gasteiger partial charge on any atom is -0.543 e. The van der Waals surface area contributed by atoms with E-state index in [1.165, 1.54) is 24.3 Å². The molecule has 0 fully saturated rings. The molecule has 8 nitrogen and oxygen atoms in total. The number of aromatic nitrogens is 1. The number of sulfonamides is 1. The number of pyridine rings is 1. The third-order valence-electron chi connectivity index (χ3n) is 2.65. The predicted octanol–water partition coefficient (Wildman–Crippen LogP) is -7.38. The topological polar surface area (TPSA) is 140 Å². The summed E-state index contributed by atoms with van der Waals surface area (Å²) < 4.78 is 27.3. The Hall–Kier alpha value is -1.07. The molecule has 2 rings (SSSR count). The Kier molecular flexibility index (Phi) is 9.73. The minimum atomic E-state index is -4.00. The number of carbonyl (C=O) groups excluding carboxylic acids is 2. The summed E-state index contributed by atoms with van der Waals surface area (Å²) in [7, 11) is -4.00. The number of nitrogens with zero attached hydrogens (tertiary/aromatic N) is 2. The molecule has 0 atom stereocenters. The number of aromatic carboxylic acids is 2. The van der Waals surface area contributed by atoms with Crippen molar-refractivity contribution in [3.8, 4) is 0 Å². The maximum Gasteiger partial charge on any atom is 1.00 e. The van der Waals surface area contributed by atoms with E-state index in [2.05, 4.69) is 9.38 Å². The molecule has 0 bridgehead atoms. The van der Waals surface area contributed by atoms with E-state index in [-0.39, 0.29) is 69.6 Å². The second-order valence-corrected chi connectivity index (χ2v) is 5.90. The molecule has 0 saturated heterocycles. The fourth-order valence-corrected chi connectivity index (χ4v) is 2.50. The quantitative estimate of drug-likeness (QED) is 0.372. The van der Waals surface area contributed by atoms with Crippen molar-refractivity contribution in [2.24, 2.45) is 4.40 Å². The van der Waals surface area contributed by atoms with Crippen LogP contribution in [0.25, 0.3) is 0 Å². The number of carbonyl (C=O) groups is 2. The van der Waals surface area contributed by atoms with Gasteiger partial charge in [-0.1, -0.05) is 18.2 Å². The Bertz CT molecular complexity index is 869. The molecule has 0 unspecified atom stereocenters. The zero-order chi connectivity index (χ0) is 17.0. The van der Waals surface area contributed by atoms with Crippen molar-refractivity contribution < 1.29 is 87.3 Å². The van der Waals surface area contributed by atoms with Gasteiger partial charge in [-0.2, -0.15) is 12.8 Å². The van der Waals surface area contributed by atoms with Crippen LogP contribution in [-0.2, 0) is 10.0 Å². The fraction of sp³-hybridized carbons (Fsp3) is 0. The summed E-state index contributed by atoms with van der Waals surface area (Å²) in [5, 5.41) is 21.6. The summed E-state index contributed by atoms with van der Waals surface area (Å²) in [4.78, 5) is 24.8. The van der Waals surface area contributed by atoms with Gasteiger partial charge in [0.1, 0.15) is 0 Å². The normalized spacial score (nSPS) is 10.6. The van der Waals surface area contributed by atoms with E-state index < -0.39 is 33.3 Å². The third kappa shape index (κ3) is 6.63. The van der Waals surface area contributed by atoms with Crippen molar-refractivity contribution >= 4 is 28.2 Å². The second-order valence-electron chi connectivity index (χ2n) is 4.27. The minimum absolute atomic E-state index is 0. The molecule has 1 aromatic carbocycles. The Morgan fingerprint density at radius 3 is 1.88 bits per heavy atom. The molecule has 1 aromatic heterocycles. The average Bonchev–Trinajstić information content (AvgIpc) is 2.53. The van der Waals surface area contributed by atoms with Gasteiger partial charge in [-0.25, -0.2) is 4.98 Å². The van der Waals surface area contributed by atoms with E-state index in [1.54, 1.807) is 6.07 Å². The fourth-order valence-electron chi connectivity index (χ4n) is 1.62. The number of benzene rings is 1. The Morgan fingerprint density at radius 1 is 0.960 bits per heavy atom. The number of hydrogen-bond donors (Lipinski definition) is 0. The summed E-state index contributed by atoms with van der Waals surface area (Å²) in [5.74, 6) is -3.43. The zero-order valence-corrected chi connectivity index (χ0v) is 18.2. The molecule has 0 spiro atoms. The van der Waals surface area contributed by atoms with Crippen LogP contribution in [0.15, 0.2) is 51.8 Å². The van der Waals surface area contributed by atoms with Crippen molar-refractivity contribution in [2.45, 2.75) is 4.90 Å². The van der Waals surface area contributed by atoms with Crippen molar-refractivity contribution in [1.82, 2.24) is 4.98 Å². The summed E-state index contributed by atoms with van der Waals surface area (Å²) in [6.45, 7) is 0. The summed E-state index contributed by atoms with van der Waals surface area (Å²) in [5.41, 5.74) is -1.44. The first-order valence-corrected chi connectivity index (χ1v) is 7.54. The molecule has 25 heavy (non-hydrogen) atoms. The first kappa shape index (κ1) is 23.9. The van der Waals surface area contributed by atoms with Gasteiger partial charge in [0, 0.05) is 6.21 Å². The average molecular weight is 378 g/mol. The van der Waals surface area contributed by atoms with E-state index in [4.69, 9.17) is 0 Å². The van der Waals surface area contributed by atoms with E-state index >= 15 is 0 Å². The van der Waals surface area contributed by atoms with Gasteiger partial charge in [-0.15, -0.1) is 0 Å². The van der Waals surface area contributed by atoms with Gasteiger partial charge in [0.05, 0.1) is 28.2 Å². The Labute approximate surface area is 187 Å². The molecule has 0 aliphatic rings. The Balaban J connectivity index is 0.00000288. The maximum atomic E-state index is 12.0. The molecule has 0 aliphatic carbocycles. The second kappa shape index (κ2) is 10.2. The van der Waals surface area contributed by atoms with Gasteiger partial charge >= 0.3 is 59.1 Å². The van der Waals surface area contributed by atoms with Crippen molar-refractivity contribution in [2.75, 3.05) is 0 Å². The monoisotopic (exact) mass is 378 g/mol. The molecule has 0 aliphatic heterocycles. The smallest absolute Gasteiger partial charge is 0.543 e. The SMILES string of the molecule is O=C([O-])c1cc(/C=N/S(=O)(=O)c2ccccc2)cc(C(=O)[O-])n1.[Na+].[Na+]. The molecule has 0 radical (unpaired) electrons. The van der Waals surface area contributed by atoms with Crippen LogP contribution in [0.4, 0.5) is 0 Å². The van der Waals surface area contributed by atoms with Crippen LogP contribution in [0.2, 0.25) is 0 Å². The third-order valence-corrected chi connectivity index (χ3v) is 3.90. The zero-order valence-electron chi connectivity index (χ0n) is 13.4. The van der Waals surface area contributed by atoms with Gasteiger partial charge < -0.3 is 19.8 Å². The number of carboxylic acid groups (broad SMARTS) is 2.